The number of anilines is 3. The molecule has 2 aromatic heterocycles. The van der Waals surface area contributed by atoms with Crippen LogP contribution in [-0.4, -0.2) is 51.2 Å². The van der Waals surface area contributed by atoms with Gasteiger partial charge in [0.25, 0.3) is 0 Å². The molecule has 0 atom stereocenters. The molecule has 1 aliphatic heterocycles. The van der Waals surface area contributed by atoms with Gasteiger partial charge in [0.05, 0.1) is 6.61 Å². The molecule has 22 heavy (non-hydrogen) atoms. The SMILES string of the molecule is Nc1nc(N(c2ccccn2)N2CCNCC2)ncc1CO. The molecule has 0 saturated carbocycles. The number of nitrogens with two attached hydrogens (primary N) is 1. The van der Waals surface area contributed by atoms with Crippen LogP contribution in [0.15, 0.2) is 30.6 Å². The molecule has 0 aliphatic carbocycles. The maximum absolute atomic E-state index is 9.21. The summed E-state index contributed by atoms with van der Waals surface area (Å²) in [7, 11) is 0. The summed E-state index contributed by atoms with van der Waals surface area (Å²) in [6.45, 7) is 3.23. The normalized spacial score (nSPS) is 15.7. The number of nitrogens with one attached hydrogen (secondary N) is 1. The van der Waals surface area contributed by atoms with Crippen molar-refractivity contribution in [1.29, 1.82) is 0 Å². The summed E-state index contributed by atoms with van der Waals surface area (Å²) < 4.78 is 0. The largest absolute Gasteiger partial charge is 0.391 e. The van der Waals surface area contributed by atoms with Crippen LogP contribution in [0.2, 0.25) is 0 Å². The van der Waals surface area contributed by atoms with E-state index in [1.807, 2.05) is 23.2 Å². The fourth-order valence-electron chi connectivity index (χ4n) is 2.34. The summed E-state index contributed by atoms with van der Waals surface area (Å²) in [6.07, 6.45) is 3.28. The van der Waals surface area contributed by atoms with Gasteiger partial charge >= 0.3 is 0 Å². The third-order valence-electron chi connectivity index (χ3n) is 3.49. The molecular formula is C14H19N7O. The van der Waals surface area contributed by atoms with Crippen molar-refractivity contribution in [1.82, 2.24) is 25.3 Å². The van der Waals surface area contributed by atoms with Crippen LogP contribution >= 0.6 is 0 Å². The first-order valence-electron chi connectivity index (χ1n) is 7.18. The molecule has 4 N–H and O–H groups in total. The molecule has 0 spiro atoms. The van der Waals surface area contributed by atoms with E-state index in [-0.39, 0.29) is 12.4 Å². The zero-order valence-electron chi connectivity index (χ0n) is 12.2. The lowest BCUT2D eigenvalue weighted by atomic mass is 10.3. The highest BCUT2D eigenvalue weighted by Crippen LogP contribution is 2.23. The number of aliphatic hydroxyl groups excluding tert-OH is 1. The van der Waals surface area contributed by atoms with E-state index in [0.29, 0.717) is 11.5 Å². The van der Waals surface area contributed by atoms with Gasteiger partial charge in [0.2, 0.25) is 5.95 Å². The Labute approximate surface area is 128 Å². The Morgan fingerprint density at radius 2 is 2.09 bits per heavy atom. The second-order valence-electron chi connectivity index (χ2n) is 4.94. The molecule has 1 fully saturated rings. The van der Waals surface area contributed by atoms with Crippen LogP contribution in [0.3, 0.4) is 0 Å². The van der Waals surface area contributed by atoms with E-state index < -0.39 is 0 Å². The van der Waals surface area contributed by atoms with Crippen molar-refractivity contribution in [3.8, 4) is 0 Å². The fourth-order valence-corrected chi connectivity index (χ4v) is 2.34. The highest BCUT2D eigenvalue weighted by Gasteiger charge is 2.23. The van der Waals surface area contributed by atoms with Gasteiger partial charge in [-0.15, -0.1) is 0 Å². The van der Waals surface area contributed by atoms with Gasteiger partial charge in [-0.05, 0) is 12.1 Å². The van der Waals surface area contributed by atoms with E-state index in [1.165, 1.54) is 0 Å². The first-order chi connectivity index (χ1) is 10.8. The van der Waals surface area contributed by atoms with Crippen molar-refractivity contribution in [2.24, 2.45) is 0 Å². The Balaban J connectivity index is 1.99. The van der Waals surface area contributed by atoms with Gasteiger partial charge in [-0.1, -0.05) is 6.07 Å². The van der Waals surface area contributed by atoms with E-state index in [0.717, 1.165) is 32.0 Å². The summed E-state index contributed by atoms with van der Waals surface area (Å²) in [5, 5.41) is 16.5. The minimum Gasteiger partial charge on any atom is -0.391 e. The highest BCUT2D eigenvalue weighted by molar-refractivity contribution is 5.53. The minimum absolute atomic E-state index is 0.177. The Kier molecular flexibility index (Phi) is 4.42. The van der Waals surface area contributed by atoms with Crippen molar-refractivity contribution in [3.63, 3.8) is 0 Å². The monoisotopic (exact) mass is 301 g/mol. The molecule has 0 radical (unpaired) electrons. The summed E-state index contributed by atoms with van der Waals surface area (Å²) in [4.78, 5) is 13.1. The quantitative estimate of drug-likeness (QED) is 0.719. The lowest BCUT2D eigenvalue weighted by Gasteiger charge is -2.36. The predicted octanol–water partition coefficient (Wildman–Crippen LogP) is -0.0956. The van der Waals surface area contributed by atoms with Crippen molar-refractivity contribution in [2.45, 2.75) is 6.61 Å². The lowest BCUT2D eigenvalue weighted by Crippen LogP contribution is -2.51. The molecule has 116 valence electrons. The first-order valence-corrected chi connectivity index (χ1v) is 7.18. The van der Waals surface area contributed by atoms with Crippen LogP contribution < -0.4 is 16.1 Å². The van der Waals surface area contributed by atoms with Crippen LogP contribution in [0.1, 0.15) is 5.56 Å². The van der Waals surface area contributed by atoms with Crippen LogP contribution in [0.5, 0.6) is 0 Å². The summed E-state index contributed by atoms with van der Waals surface area (Å²) in [5.41, 5.74) is 6.41. The van der Waals surface area contributed by atoms with Gasteiger partial charge in [0.1, 0.15) is 11.6 Å². The smallest absolute Gasteiger partial charge is 0.248 e. The fraction of sp³-hybridized carbons (Fsp3) is 0.357. The van der Waals surface area contributed by atoms with Gasteiger partial charge in [-0.3, -0.25) is 0 Å². The number of piperazine rings is 1. The minimum atomic E-state index is -0.177. The number of hydrogen-bond acceptors (Lipinski definition) is 8. The number of aromatic nitrogens is 3. The predicted molar refractivity (Wildman–Crippen MR) is 83.2 cm³/mol. The second-order valence-corrected chi connectivity index (χ2v) is 4.94. The Bertz CT molecular complexity index is 616. The molecule has 1 aliphatic rings. The molecule has 0 aromatic carbocycles. The number of nitrogen functional groups attached to an aromatic ring is 1. The van der Waals surface area contributed by atoms with E-state index in [4.69, 9.17) is 5.73 Å². The topological polar surface area (TPSA) is 103 Å². The lowest BCUT2D eigenvalue weighted by molar-refractivity contribution is 0.239. The Hall–Kier alpha value is -2.29. The van der Waals surface area contributed by atoms with Crippen LogP contribution in [0.25, 0.3) is 0 Å². The number of aliphatic hydroxyl groups is 1. The Morgan fingerprint density at radius 3 is 2.73 bits per heavy atom. The second kappa shape index (κ2) is 6.65. The number of hydrazine groups is 1. The molecule has 0 bridgehead atoms. The molecule has 8 heteroatoms. The van der Waals surface area contributed by atoms with Crippen LogP contribution in [-0.2, 0) is 6.61 Å². The van der Waals surface area contributed by atoms with E-state index in [1.54, 1.807) is 12.4 Å². The van der Waals surface area contributed by atoms with Crippen molar-refractivity contribution in [2.75, 3.05) is 36.9 Å². The zero-order valence-corrected chi connectivity index (χ0v) is 12.2. The van der Waals surface area contributed by atoms with Crippen LogP contribution in [0, 0.1) is 0 Å². The van der Waals surface area contributed by atoms with Crippen molar-refractivity contribution >= 4 is 17.6 Å². The summed E-state index contributed by atoms with van der Waals surface area (Å²) in [5.74, 6) is 1.47. The van der Waals surface area contributed by atoms with Gasteiger partial charge in [-0.25, -0.2) is 20.0 Å². The standard InChI is InChI=1S/C14H19N7O/c15-13-11(10-22)9-18-14(19-13)21(12-3-1-2-4-17-12)20-7-5-16-6-8-20/h1-4,9,16,22H,5-8,10H2,(H2,15,18,19). The molecule has 2 aromatic rings. The average Bonchev–Trinajstić information content (AvgIpc) is 2.57. The number of pyridine rings is 1. The van der Waals surface area contributed by atoms with Crippen molar-refractivity contribution < 1.29 is 5.11 Å². The number of rotatable bonds is 4. The maximum atomic E-state index is 9.21. The van der Waals surface area contributed by atoms with Gasteiger partial charge < -0.3 is 16.2 Å². The molecule has 3 rings (SSSR count). The average molecular weight is 301 g/mol. The van der Waals surface area contributed by atoms with Gasteiger partial charge in [0, 0.05) is 44.1 Å². The molecular weight excluding hydrogens is 282 g/mol. The molecule has 8 nitrogen and oxygen atoms in total. The molecule has 1 saturated heterocycles. The zero-order chi connectivity index (χ0) is 15.4. The van der Waals surface area contributed by atoms with E-state index in [2.05, 4.69) is 25.3 Å². The highest BCUT2D eigenvalue weighted by atomic mass is 16.3. The van der Waals surface area contributed by atoms with Gasteiger partial charge in [-0.2, -0.15) is 4.98 Å². The number of hydrogen-bond donors (Lipinski definition) is 3. The molecule has 3 heterocycles. The molecule has 0 unspecified atom stereocenters. The van der Waals surface area contributed by atoms with E-state index in [9.17, 15) is 5.11 Å². The first kappa shape index (κ1) is 14.6. The number of nitrogens with zero attached hydrogens (tertiary/aromatic N) is 5. The maximum Gasteiger partial charge on any atom is 0.248 e. The van der Waals surface area contributed by atoms with Gasteiger partial charge in [0.15, 0.2) is 0 Å². The third kappa shape index (κ3) is 2.98. The third-order valence-corrected chi connectivity index (χ3v) is 3.49. The Morgan fingerprint density at radius 1 is 1.27 bits per heavy atom. The van der Waals surface area contributed by atoms with Crippen LogP contribution in [0.4, 0.5) is 17.6 Å². The molecule has 0 amide bonds. The van der Waals surface area contributed by atoms with Crippen molar-refractivity contribution in [3.05, 3.63) is 36.2 Å². The summed E-state index contributed by atoms with van der Waals surface area (Å²) in [6, 6.07) is 5.69. The van der Waals surface area contributed by atoms with E-state index >= 15 is 0 Å². The summed E-state index contributed by atoms with van der Waals surface area (Å²) >= 11 is 0.